The van der Waals surface area contributed by atoms with Crippen LogP contribution in [-0.4, -0.2) is 0 Å². The topological polar surface area (TPSA) is 0 Å². The smallest absolute Gasteiger partial charge is 0.0171 e. The van der Waals surface area contributed by atoms with Crippen molar-refractivity contribution in [1.82, 2.24) is 0 Å². The minimum atomic E-state index is -0.138. The van der Waals surface area contributed by atoms with Crippen LogP contribution in [0.5, 0.6) is 0 Å². The van der Waals surface area contributed by atoms with E-state index in [0.717, 1.165) is 0 Å². The second-order valence-corrected chi connectivity index (χ2v) is 17.4. The second kappa shape index (κ2) is 10.9. The van der Waals surface area contributed by atoms with Crippen LogP contribution < -0.4 is 0 Å². The molecule has 0 bridgehead atoms. The molecule has 1 aliphatic rings. The fourth-order valence-electron chi connectivity index (χ4n) is 9.13. The number of hydrogen-bond donors (Lipinski definition) is 0. The Hall–Kier alpha value is -5.20. The van der Waals surface area contributed by atoms with Gasteiger partial charge in [-0.05, 0) is 116 Å². The zero-order valence-corrected chi connectivity index (χ0v) is 31.2. The first kappa shape index (κ1) is 31.8. The third-order valence-electron chi connectivity index (χ3n) is 11.7. The standard InChI is InChI=1S/C51H46/c1-49(2,3)33-27-32(28-34(29-33)50(4,5)6)45-37-20-12-14-22-39(37)46(40-23-15-13-21-38(40)45)43-30-44-42-26-25-31-17-9-10-18-35(31)47(42)51(7,8)48(44)41-24-16-11-19-36(41)43/h9-30H,1-8H3. The Labute approximate surface area is 302 Å². The molecule has 0 nitrogen and oxygen atoms in total. The molecule has 8 aromatic rings. The van der Waals surface area contributed by atoms with Gasteiger partial charge in [-0.1, -0.05) is 183 Å². The maximum Gasteiger partial charge on any atom is 0.0171 e. The lowest BCUT2D eigenvalue weighted by atomic mass is 9.76. The normalized spacial score (nSPS) is 14.0. The lowest BCUT2D eigenvalue weighted by Crippen LogP contribution is -2.16. The van der Waals surface area contributed by atoms with Crippen LogP contribution >= 0.6 is 0 Å². The van der Waals surface area contributed by atoms with E-state index in [4.69, 9.17) is 0 Å². The quantitative estimate of drug-likeness (QED) is 0.162. The van der Waals surface area contributed by atoms with Crippen molar-refractivity contribution in [2.24, 2.45) is 0 Å². The molecule has 0 saturated heterocycles. The lowest BCUT2D eigenvalue weighted by molar-refractivity contribution is 0.569. The zero-order valence-electron chi connectivity index (χ0n) is 31.2. The van der Waals surface area contributed by atoms with E-state index in [1.165, 1.54) is 98.7 Å². The molecule has 0 aliphatic heterocycles. The van der Waals surface area contributed by atoms with Gasteiger partial charge in [0.2, 0.25) is 0 Å². The van der Waals surface area contributed by atoms with Crippen molar-refractivity contribution in [2.75, 3.05) is 0 Å². The van der Waals surface area contributed by atoms with Crippen LogP contribution in [0.2, 0.25) is 0 Å². The Morgan fingerprint density at radius 2 is 0.824 bits per heavy atom. The monoisotopic (exact) mass is 658 g/mol. The Kier molecular flexibility index (Phi) is 6.79. The fourth-order valence-corrected chi connectivity index (χ4v) is 9.13. The van der Waals surface area contributed by atoms with Gasteiger partial charge in [0.25, 0.3) is 0 Å². The molecule has 0 N–H and O–H groups in total. The average Bonchev–Trinajstić information content (AvgIpc) is 3.35. The summed E-state index contributed by atoms with van der Waals surface area (Å²) in [5, 5.41) is 10.5. The Morgan fingerprint density at radius 3 is 1.37 bits per heavy atom. The van der Waals surface area contributed by atoms with E-state index in [-0.39, 0.29) is 16.2 Å². The van der Waals surface area contributed by atoms with Gasteiger partial charge in [-0.15, -0.1) is 0 Å². The largest absolute Gasteiger partial charge is 0.0616 e. The van der Waals surface area contributed by atoms with Crippen molar-refractivity contribution in [1.29, 1.82) is 0 Å². The van der Waals surface area contributed by atoms with Gasteiger partial charge in [-0.3, -0.25) is 0 Å². The SMILES string of the molecule is CC(C)(C)c1cc(-c2c3ccccc3c(-c3cc4c(c5ccccc35)C(C)(C)c3c-4ccc4ccccc34)c3ccccc23)cc(C(C)(C)C)c1. The second-order valence-electron chi connectivity index (χ2n) is 17.4. The van der Waals surface area contributed by atoms with E-state index < -0.39 is 0 Å². The molecule has 1 aliphatic carbocycles. The number of fused-ring (bicyclic) bond motifs is 9. The summed E-state index contributed by atoms with van der Waals surface area (Å²) in [5.41, 5.74) is 13.5. The summed E-state index contributed by atoms with van der Waals surface area (Å²) < 4.78 is 0. The molecule has 0 spiro atoms. The van der Waals surface area contributed by atoms with Gasteiger partial charge in [0.1, 0.15) is 0 Å². The van der Waals surface area contributed by atoms with Crippen molar-refractivity contribution in [3.8, 4) is 33.4 Å². The highest BCUT2D eigenvalue weighted by Crippen LogP contribution is 2.56. The van der Waals surface area contributed by atoms with Crippen molar-refractivity contribution >= 4 is 43.1 Å². The molecule has 0 heterocycles. The van der Waals surface area contributed by atoms with Crippen molar-refractivity contribution in [3.63, 3.8) is 0 Å². The highest BCUT2D eigenvalue weighted by Gasteiger charge is 2.39. The molecule has 0 unspecified atom stereocenters. The Morgan fingerprint density at radius 1 is 0.373 bits per heavy atom. The van der Waals surface area contributed by atoms with Gasteiger partial charge in [0, 0.05) is 5.41 Å². The van der Waals surface area contributed by atoms with Crippen LogP contribution in [0.1, 0.15) is 77.6 Å². The molecule has 51 heavy (non-hydrogen) atoms. The van der Waals surface area contributed by atoms with Gasteiger partial charge < -0.3 is 0 Å². The van der Waals surface area contributed by atoms with E-state index in [1.54, 1.807) is 0 Å². The van der Waals surface area contributed by atoms with E-state index in [1.807, 2.05) is 0 Å². The van der Waals surface area contributed by atoms with Crippen LogP contribution in [0.4, 0.5) is 0 Å². The summed E-state index contributed by atoms with van der Waals surface area (Å²) in [6.07, 6.45) is 0. The minimum Gasteiger partial charge on any atom is -0.0616 e. The first-order chi connectivity index (χ1) is 24.3. The summed E-state index contributed by atoms with van der Waals surface area (Å²) >= 11 is 0. The number of rotatable bonds is 2. The maximum atomic E-state index is 2.53. The highest BCUT2D eigenvalue weighted by molar-refractivity contribution is 6.24. The molecular formula is C51H46. The molecule has 9 rings (SSSR count). The van der Waals surface area contributed by atoms with Crippen molar-refractivity contribution < 1.29 is 0 Å². The van der Waals surface area contributed by atoms with Crippen LogP contribution in [-0.2, 0) is 16.2 Å². The molecule has 0 radical (unpaired) electrons. The molecule has 8 aromatic carbocycles. The molecule has 0 atom stereocenters. The van der Waals surface area contributed by atoms with E-state index in [9.17, 15) is 0 Å². The first-order valence-corrected chi connectivity index (χ1v) is 18.5. The highest BCUT2D eigenvalue weighted by atomic mass is 14.4. The van der Waals surface area contributed by atoms with Crippen LogP contribution in [0.25, 0.3) is 76.5 Å². The zero-order chi connectivity index (χ0) is 35.4. The van der Waals surface area contributed by atoms with Crippen LogP contribution in [0.3, 0.4) is 0 Å². The average molecular weight is 659 g/mol. The molecule has 0 heteroatoms. The summed E-state index contributed by atoms with van der Waals surface area (Å²) in [4.78, 5) is 0. The molecule has 0 aromatic heterocycles. The van der Waals surface area contributed by atoms with Crippen LogP contribution in [0, 0.1) is 0 Å². The summed E-state index contributed by atoms with van der Waals surface area (Å²) in [5.74, 6) is 0. The predicted molar refractivity (Wildman–Crippen MR) is 222 cm³/mol. The van der Waals surface area contributed by atoms with E-state index in [2.05, 4.69) is 189 Å². The fraction of sp³-hybridized carbons (Fsp3) is 0.216. The molecule has 0 amide bonds. The van der Waals surface area contributed by atoms with Crippen LogP contribution in [0.15, 0.2) is 133 Å². The van der Waals surface area contributed by atoms with E-state index in [0.29, 0.717) is 0 Å². The lowest BCUT2D eigenvalue weighted by Gasteiger charge is -2.27. The van der Waals surface area contributed by atoms with E-state index >= 15 is 0 Å². The van der Waals surface area contributed by atoms with Crippen molar-refractivity contribution in [2.45, 2.75) is 71.6 Å². The molecule has 250 valence electrons. The molecular weight excluding hydrogens is 613 g/mol. The number of hydrogen-bond acceptors (Lipinski definition) is 0. The maximum absolute atomic E-state index is 2.53. The third-order valence-corrected chi connectivity index (χ3v) is 11.7. The Balaban J connectivity index is 1.42. The summed E-state index contributed by atoms with van der Waals surface area (Å²) in [6.45, 7) is 18.8. The van der Waals surface area contributed by atoms with Gasteiger partial charge in [0.15, 0.2) is 0 Å². The van der Waals surface area contributed by atoms with Gasteiger partial charge >= 0.3 is 0 Å². The molecule has 0 fully saturated rings. The van der Waals surface area contributed by atoms with Crippen molar-refractivity contribution in [3.05, 3.63) is 156 Å². The first-order valence-electron chi connectivity index (χ1n) is 18.5. The number of benzene rings is 8. The van der Waals surface area contributed by atoms with Gasteiger partial charge in [-0.25, -0.2) is 0 Å². The third kappa shape index (κ3) is 4.72. The van der Waals surface area contributed by atoms with Gasteiger partial charge in [0.05, 0.1) is 0 Å². The molecule has 0 saturated carbocycles. The Bertz CT molecular complexity index is 2630. The minimum absolute atomic E-state index is 0.0281. The van der Waals surface area contributed by atoms with Gasteiger partial charge in [-0.2, -0.15) is 0 Å². The predicted octanol–water partition coefficient (Wildman–Crippen LogP) is 14.5. The summed E-state index contributed by atoms with van der Waals surface area (Å²) in [7, 11) is 0. The summed E-state index contributed by atoms with van der Waals surface area (Å²) in [6, 6.07) is 50.9.